The van der Waals surface area contributed by atoms with Gasteiger partial charge in [0.15, 0.2) is 0 Å². The Morgan fingerprint density at radius 3 is 2.65 bits per heavy atom. The van der Waals surface area contributed by atoms with Gasteiger partial charge in [0.05, 0.1) is 5.56 Å². The summed E-state index contributed by atoms with van der Waals surface area (Å²) in [5, 5.41) is 3.33. The van der Waals surface area contributed by atoms with E-state index in [0.717, 1.165) is 24.8 Å². The lowest BCUT2D eigenvalue weighted by molar-refractivity contribution is 0.0828. The van der Waals surface area contributed by atoms with Crippen LogP contribution in [-0.2, 0) is 0 Å². The molecule has 5 nitrogen and oxygen atoms in total. The third-order valence-electron chi connectivity index (χ3n) is 3.63. The highest BCUT2D eigenvalue weighted by Gasteiger charge is 2.25. The van der Waals surface area contributed by atoms with Crippen molar-refractivity contribution in [3.05, 3.63) is 23.8 Å². The van der Waals surface area contributed by atoms with Gasteiger partial charge in [0.1, 0.15) is 0 Å². The zero-order valence-corrected chi connectivity index (χ0v) is 12.5. The molecule has 1 aliphatic carbocycles. The number of hydrogen-bond acceptors (Lipinski definition) is 4. The van der Waals surface area contributed by atoms with Gasteiger partial charge < -0.3 is 20.9 Å². The number of amides is 1. The third-order valence-corrected chi connectivity index (χ3v) is 3.63. The molecule has 1 aromatic carbocycles. The molecule has 0 aromatic heterocycles. The van der Waals surface area contributed by atoms with Crippen molar-refractivity contribution in [2.45, 2.75) is 18.9 Å². The summed E-state index contributed by atoms with van der Waals surface area (Å²) >= 11 is 0. The van der Waals surface area contributed by atoms with Gasteiger partial charge in [0.2, 0.25) is 0 Å². The van der Waals surface area contributed by atoms with Gasteiger partial charge in [-0.15, -0.1) is 0 Å². The van der Waals surface area contributed by atoms with Crippen LogP contribution in [0.25, 0.3) is 0 Å². The Morgan fingerprint density at radius 1 is 1.35 bits per heavy atom. The van der Waals surface area contributed by atoms with E-state index in [1.807, 2.05) is 6.07 Å². The molecule has 110 valence electrons. The number of likely N-dealkylation sites (N-methyl/N-ethyl adjacent to an activating group) is 1. The molecule has 3 N–H and O–H groups in total. The molecule has 1 aromatic rings. The molecule has 0 bridgehead atoms. The second-order valence-corrected chi connectivity index (χ2v) is 5.64. The van der Waals surface area contributed by atoms with Crippen LogP contribution in [0.15, 0.2) is 18.2 Å². The molecule has 0 unspecified atom stereocenters. The molecule has 0 heterocycles. The van der Waals surface area contributed by atoms with Gasteiger partial charge in [-0.25, -0.2) is 0 Å². The summed E-state index contributed by atoms with van der Waals surface area (Å²) in [4.78, 5) is 16.1. The topological polar surface area (TPSA) is 61.6 Å². The first-order chi connectivity index (χ1) is 9.49. The predicted octanol–water partition coefficient (Wildman–Crippen LogP) is 1.48. The smallest absolute Gasteiger partial charge is 0.255 e. The van der Waals surface area contributed by atoms with Gasteiger partial charge in [-0.3, -0.25) is 4.79 Å². The van der Waals surface area contributed by atoms with Crippen molar-refractivity contribution in [3.63, 3.8) is 0 Å². The van der Waals surface area contributed by atoms with E-state index in [0.29, 0.717) is 11.3 Å². The lowest BCUT2D eigenvalue weighted by Crippen LogP contribution is -2.28. The number of carbonyl (C=O) groups is 1. The van der Waals surface area contributed by atoms with E-state index in [2.05, 4.69) is 17.3 Å². The lowest BCUT2D eigenvalue weighted by atomic mass is 10.1. The zero-order chi connectivity index (χ0) is 14.7. The highest BCUT2D eigenvalue weighted by atomic mass is 16.2. The Hall–Kier alpha value is -1.75. The van der Waals surface area contributed by atoms with Crippen LogP contribution in [0.3, 0.4) is 0 Å². The van der Waals surface area contributed by atoms with Crippen LogP contribution in [0.1, 0.15) is 23.2 Å². The monoisotopic (exact) mass is 276 g/mol. The number of anilines is 2. The van der Waals surface area contributed by atoms with Crippen molar-refractivity contribution < 1.29 is 4.79 Å². The van der Waals surface area contributed by atoms with Crippen LogP contribution in [-0.4, -0.2) is 56.0 Å². The maximum absolute atomic E-state index is 12.1. The van der Waals surface area contributed by atoms with E-state index >= 15 is 0 Å². The van der Waals surface area contributed by atoms with E-state index in [-0.39, 0.29) is 5.91 Å². The van der Waals surface area contributed by atoms with Gasteiger partial charge in [0, 0.05) is 44.6 Å². The standard InChI is InChI=1S/C15H24N4O/c1-18(2)15(20)13-7-4-11(16)10-14(13)17-8-9-19(3)12-5-6-12/h4,7,10,12,17H,5-6,8-9,16H2,1-3H3. The molecule has 1 saturated carbocycles. The minimum atomic E-state index is -0.0111. The van der Waals surface area contributed by atoms with Crippen LogP contribution in [0, 0.1) is 0 Å². The summed E-state index contributed by atoms with van der Waals surface area (Å²) in [6.07, 6.45) is 2.61. The molecule has 0 radical (unpaired) electrons. The number of benzene rings is 1. The molecule has 1 amide bonds. The van der Waals surface area contributed by atoms with E-state index in [1.165, 1.54) is 12.8 Å². The third kappa shape index (κ3) is 3.63. The normalized spacial score (nSPS) is 14.4. The van der Waals surface area contributed by atoms with E-state index in [1.54, 1.807) is 31.1 Å². The molecule has 0 atom stereocenters. The number of carbonyl (C=O) groups excluding carboxylic acids is 1. The highest BCUT2D eigenvalue weighted by Crippen LogP contribution is 2.25. The minimum Gasteiger partial charge on any atom is -0.399 e. The van der Waals surface area contributed by atoms with Gasteiger partial charge in [-0.05, 0) is 38.1 Å². The highest BCUT2D eigenvalue weighted by molar-refractivity contribution is 5.99. The zero-order valence-electron chi connectivity index (χ0n) is 12.5. The van der Waals surface area contributed by atoms with Crippen LogP contribution in [0.4, 0.5) is 11.4 Å². The number of nitrogens with one attached hydrogen (secondary N) is 1. The van der Waals surface area contributed by atoms with Crippen molar-refractivity contribution in [1.82, 2.24) is 9.80 Å². The second-order valence-electron chi connectivity index (χ2n) is 5.64. The summed E-state index contributed by atoms with van der Waals surface area (Å²) in [7, 11) is 5.65. The fourth-order valence-electron chi connectivity index (χ4n) is 2.20. The van der Waals surface area contributed by atoms with Gasteiger partial charge in [0.25, 0.3) is 5.91 Å². The number of nitrogen functional groups attached to an aromatic ring is 1. The van der Waals surface area contributed by atoms with Crippen molar-refractivity contribution in [2.24, 2.45) is 0 Å². The van der Waals surface area contributed by atoms with Gasteiger partial charge in [-0.2, -0.15) is 0 Å². The first-order valence-corrected chi connectivity index (χ1v) is 7.04. The quantitative estimate of drug-likeness (QED) is 0.773. The minimum absolute atomic E-state index is 0.0111. The molecule has 20 heavy (non-hydrogen) atoms. The Balaban J connectivity index is 2.01. The molecular weight excluding hydrogens is 252 g/mol. The van der Waals surface area contributed by atoms with Crippen molar-refractivity contribution in [2.75, 3.05) is 45.3 Å². The Morgan fingerprint density at radius 2 is 2.05 bits per heavy atom. The summed E-state index contributed by atoms with van der Waals surface area (Å²) in [6.45, 7) is 1.78. The molecule has 0 spiro atoms. The lowest BCUT2D eigenvalue weighted by Gasteiger charge is -2.19. The molecule has 0 aliphatic heterocycles. The Labute approximate surface area is 120 Å². The number of hydrogen-bond donors (Lipinski definition) is 2. The van der Waals surface area contributed by atoms with Crippen LogP contribution in [0.2, 0.25) is 0 Å². The SMILES string of the molecule is CN(C)C(=O)c1ccc(N)cc1NCCN(C)C1CC1. The largest absolute Gasteiger partial charge is 0.399 e. The van der Waals surface area contributed by atoms with Crippen molar-refractivity contribution in [1.29, 1.82) is 0 Å². The average Bonchev–Trinajstić information content (AvgIpc) is 3.22. The van der Waals surface area contributed by atoms with Crippen LogP contribution >= 0.6 is 0 Å². The molecular formula is C15H24N4O. The second kappa shape index (κ2) is 6.13. The van der Waals surface area contributed by atoms with Crippen LogP contribution in [0.5, 0.6) is 0 Å². The first-order valence-electron chi connectivity index (χ1n) is 7.04. The predicted molar refractivity (Wildman–Crippen MR) is 83.0 cm³/mol. The van der Waals surface area contributed by atoms with Crippen molar-refractivity contribution >= 4 is 17.3 Å². The molecule has 2 rings (SSSR count). The number of rotatable bonds is 6. The van der Waals surface area contributed by atoms with E-state index in [9.17, 15) is 4.79 Å². The van der Waals surface area contributed by atoms with E-state index in [4.69, 9.17) is 5.73 Å². The summed E-state index contributed by atoms with van der Waals surface area (Å²) in [5.41, 5.74) is 7.96. The van der Waals surface area contributed by atoms with Gasteiger partial charge >= 0.3 is 0 Å². The number of nitrogens with two attached hydrogens (primary N) is 1. The maximum atomic E-state index is 12.1. The molecule has 1 aliphatic rings. The number of nitrogens with zero attached hydrogens (tertiary/aromatic N) is 2. The Kier molecular flexibility index (Phi) is 4.49. The molecule has 0 saturated heterocycles. The average molecular weight is 276 g/mol. The fraction of sp³-hybridized carbons (Fsp3) is 0.533. The molecule has 5 heteroatoms. The first kappa shape index (κ1) is 14.7. The molecule has 1 fully saturated rings. The summed E-state index contributed by atoms with van der Waals surface area (Å²) in [6, 6.07) is 6.12. The summed E-state index contributed by atoms with van der Waals surface area (Å²) in [5.74, 6) is -0.0111. The van der Waals surface area contributed by atoms with Crippen molar-refractivity contribution in [3.8, 4) is 0 Å². The van der Waals surface area contributed by atoms with E-state index < -0.39 is 0 Å². The summed E-state index contributed by atoms with van der Waals surface area (Å²) < 4.78 is 0. The van der Waals surface area contributed by atoms with Crippen LogP contribution < -0.4 is 11.1 Å². The fourth-order valence-corrected chi connectivity index (χ4v) is 2.20. The maximum Gasteiger partial charge on any atom is 0.255 e. The van der Waals surface area contributed by atoms with Gasteiger partial charge in [-0.1, -0.05) is 0 Å². The Bertz CT molecular complexity index is 483.